The summed E-state index contributed by atoms with van der Waals surface area (Å²) in [6, 6.07) is 35.8. The summed E-state index contributed by atoms with van der Waals surface area (Å²) in [6.45, 7) is 4.95. The van der Waals surface area contributed by atoms with E-state index >= 15 is 0 Å². The van der Waals surface area contributed by atoms with Crippen molar-refractivity contribution in [2.45, 2.75) is 26.7 Å². The van der Waals surface area contributed by atoms with E-state index in [9.17, 15) is 0 Å². The van der Waals surface area contributed by atoms with Crippen LogP contribution in [0, 0.1) is 6.92 Å². The quantitative estimate of drug-likeness (QED) is 0.149. The highest BCUT2D eigenvalue weighted by Crippen LogP contribution is 2.35. The molecular weight excluding hydrogens is 482 g/mol. The van der Waals surface area contributed by atoms with Gasteiger partial charge in [-0.1, -0.05) is 55.3 Å². The number of nitrogens with one attached hydrogen (secondary N) is 1. The van der Waals surface area contributed by atoms with Gasteiger partial charge < -0.3 is 10.1 Å². The normalized spacial score (nSPS) is 11.4. The number of rotatable bonds is 10. The molecule has 0 radical (unpaired) electrons. The van der Waals surface area contributed by atoms with Crippen LogP contribution >= 0.6 is 0 Å². The van der Waals surface area contributed by atoms with Crippen LogP contribution in [0.4, 0.5) is 34.1 Å². The maximum Gasteiger partial charge on any atom is 0.119 e. The molecule has 194 valence electrons. The summed E-state index contributed by atoms with van der Waals surface area (Å²) >= 11 is 0. The maximum absolute atomic E-state index is 5.78. The minimum absolute atomic E-state index is 0.743. The Hall–Kier alpha value is -4.84. The van der Waals surface area contributed by atoms with Gasteiger partial charge in [0.2, 0.25) is 0 Å². The molecule has 0 amide bonds. The number of hydrogen-bond donors (Lipinski definition) is 1. The number of azo groups is 2. The largest absolute Gasteiger partial charge is 0.494 e. The second-order valence-corrected chi connectivity index (χ2v) is 9.28. The van der Waals surface area contributed by atoms with E-state index < -0.39 is 0 Å². The molecule has 0 unspecified atom stereocenters. The van der Waals surface area contributed by atoms with E-state index in [1.165, 1.54) is 5.56 Å². The van der Waals surface area contributed by atoms with Crippen LogP contribution < -0.4 is 10.1 Å². The molecule has 5 rings (SSSR count). The lowest BCUT2D eigenvalue weighted by Gasteiger charge is -2.12. The van der Waals surface area contributed by atoms with Gasteiger partial charge in [-0.2, -0.15) is 15.3 Å². The van der Waals surface area contributed by atoms with Crippen LogP contribution in [0.2, 0.25) is 0 Å². The third-order valence-electron chi connectivity index (χ3n) is 6.24. The molecule has 0 atom stereocenters. The second kappa shape index (κ2) is 12.6. The van der Waals surface area contributed by atoms with Crippen LogP contribution in [0.1, 0.15) is 25.3 Å². The second-order valence-electron chi connectivity index (χ2n) is 9.28. The van der Waals surface area contributed by atoms with Gasteiger partial charge in [0.05, 0.1) is 29.4 Å². The lowest BCUT2D eigenvalue weighted by Crippen LogP contribution is -1.96. The van der Waals surface area contributed by atoms with E-state index in [1.54, 1.807) is 0 Å². The first-order chi connectivity index (χ1) is 19.2. The first kappa shape index (κ1) is 25.8. The molecule has 0 saturated carbocycles. The molecule has 0 saturated heterocycles. The fraction of sp³-hybridized carbons (Fsp3) is 0.152. The van der Waals surface area contributed by atoms with E-state index in [4.69, 9.17) is 4.74 Å². The molecule has 0 aliphatic rings. The highest BCUT2D eigenvalue weighted by atomic mass is 16.5. The Morgan fingerprint density at radius 1 is 0.615 bits per heavy atom. The lowest BCUT2D eigenvalue weighted by atomic mass is 10.1. The number of unbranched alkanes of at least 4 members (excludes halogenated alkanes) is 1. The number of hydrogen-bond acceptors (Lipinski definition) is 6. The highest BCUT2D eigenvalue weighted by Gasteiger charge is 2.07. The van der Waals surface area contributed by atoms with Crippen molar-refractivity contribution in [2.24, 2.45) is 20.5 Å². The Bertz CT molecular complexity index is 1570. The Morgan fingerprint density at radius 3 is 1.85 bits per heavy atom. The molecule has 39 heavy (non-hydrogen) atoms. The van der Waals surface area contributed by atoms with Crippen LogP contribution in [-0.4, -0.2) is 6.61 Å². The van der Waals surface area contributed by atoms with Crippen molar-refractivity contribution in [3.63, 3.8) is 0 Å². The average molecular weight is 514 g/mol. The summed E-state index contributed by atoms with van der Waals surface area (Å²) in [4.78, 5) is 0. The van der Waals surface area contributed by atoms with Gasteiger partial charge in [0, 0.05) is 22.1 Å². The van der Waals surface area contributed by atoms with Crippen molar-refractivity contribution in [3.8, 4) is 5.75 Å². The number of benzene rings is 5. The third kappa shape index (κ3) is 6.93. The minimum Gasteiger partial charge on any atom is -0.494 e. The topological polar surface area (TPSA) is 70.7 Å². The molecule has 6 heteroatoms. The van der Waals surface area contributed by atoms with Gasteiger partial charge >= 0.3 is 0 Å². The first-order valence-corrected chi connectivity index (χ1v) is 13.2. The zero-order chi connectivity index (χ0) is 26.9. The molecule has 0 bridgehead atoms. The van der Waals surface area contributed by atoms with Crippen LogP contribution in [-0.2, 0) is 0 Å². The molecule has 0 heterocycles. The van der Waals surface area contributed by atoms with Crippen molar-refractivity contribution in [1.82, 2.24) is 0 Å². The first-order valence-electron chi connectivity index (χ1n) is 13.2. The van der Waals surface area contributed by atoms with Gasteiger partial charge in [-0.05, 0) is 86.1 Å². The summed E-state index contributed by atoms with van der Waals surface area (Å²) in [7, 11) is 0. The number of nitrogens with zero attached hydrogens (tertiary/aromatic N) is 4. The monoisotopic (exact) mass is 513 g/mol. The highest BCUT2D eigenvalue weighted by molar-refractivity contribution is 6.01. The van der Waals surface area contributed by atoms with E-state index in [0.717, 1.165) is 70.1 Å². The van der Waals surface area contributed by atoms with Gasteiger partial charge in [0.25, 0.3) is 0 Å². The van der Waals surface area contributed by atoms with Gasteiger partial charge in [0.15, 0.2) is 0 Å². The Morgan fingerprint density at radius 2 is 1.21 bits per heavy atom. The van der Waals surface area contributed by atoms with Crippen molar-refractivity contribution < 1.29 is 4.74 Å². The Balaban J connectivity index is 1.29. The molecule has 0 spiro atoms. The average Bonchev–Trinajstić information content (AvgIpc) is 2.98. The summed E-state index contributed by atoms with van der Waals surface area (Å²) < 4.78 is 5.78. The van der Waals surface area contributed by atoms with E-state index in [1.807, 2.05) is 104 Å². The molecule has 0 fully saturated rings. The smallest absolute Gasteiger partial charge is 0.119 e. The summed E-state index contributed by atoms with van der Waals surface area (Å²) in [5.41, 5.74) is 6.33. The summed E-state index contributed by atoms with van der Waals surface area (Å²) in [5, 5.41) is 23.3. The van der Waals surface area contributed by atoms with Crippen molar-refractivity contribution in [2.75, 3.05) is 11.9 Å². The van der Waals surface area contributed by atoms with Crippen LogP contribution in [0.25, 0.3) is 10.8 Å². The van der Waals surface area contributed by atoms with Crippen molar-refractivity contribution in [3.05, 3.63) is 115 Å². The molecule has 0 aliphatic heterocycles. The summed E-state index contributed by atoms with van der Waals surface area (Å²) in [6.07, 6.45) is 2.18. The Labute approximate surface area is 229 Å². The predicted molar refractivity (Wildman–Crippen MR) is 160 cm³/mol. The van der Waals surface area contributed by atoms with E-state index in [-0.39, 0.29) is 0 Å². The van der Waals surface area contributed by atoms with E-state index in [0.29, 0.717) is 0 Å². The zero-order valence-corrected chi connectivity index (χ0v) is 22.2. The molecule has 0 aromatic heterocycles. The van der Waals surface area contributed by atoms with Crippen LogP contribution in [0.15, 0.2) is 130 Å². The maximum atomic E-state index is 5.78. The van der Waals surface area contributed by atoms with Gasteiger partial charge in [-0.3, -0.25) is 0 Å². The fourth-order valence-electron chi connectivity index (χ4n) is 4.03. The van der Waals surface area contributed by atoms with Crippen molar-refractivity contribution in [1.29, 1.82) is 0 Å². The van der Waals surface area contributed by atoms with Crippen molar-refractivity contribution >= 4 is 44.9 Å². The third-order valence-corrected chi connectivity index (χ3v) is 6.24. The van der Waals surface area contributed by atoms with Gasteiger partial charge in [-0.25, -0.2) is 0 Å². The molecule has 5 aromatic rings. The Kier molecular flexibility index (Phi) is 8.34. The molecule has 6 nitrogen and oxygen atoms in total. The van der Waals surface area contributed by atoms with Gasteiger partial charge in [-0.15, -0.1) is 5.11 Å². The summed E-state index contributed by atoms with van der Waals surface area (Å²) in [5.74, 6) is 0.886. The van der Waals surface area contributed by atoms with Crippen LogP contribution in [0.5, 0.6) is 5.75 Å². The van der Waals surface area contributed by atoms with Crippen LogP contribution in [0.3, 0.4) is 0 Å². The number of ether oxygens (including phenoxy) is 1. The van der Waals surface area contributed by atoms with E-state index in [2.05, 4.69) is 44.8 Å². The SMILES string of the molecule is CCCCOc1ccc(Nc2ccc(N=Nc3ccc(N=Nc4ccc(C)cc4)cc3)c3ccccc23)cc1. The zero-order valence-electron chi connectivity index (χ0n) is 22.2. The fourth-order valence-corrected chi connectivity index (χ4v) is 4.03. The standard InChI is InChI=1S/C33H31N5O/c1-3-4-23-39-29-19-17-25(18-20-29)34-32-21-22-33(31-8-6-5-7-30(31)32)38-37-28-15-13-27(14-16-28)36-35-26-11-9-24(2)10-12-26/h5-22,34H,3-4,23H2,1-2H3. The number of fused-ring (bicyclic) bond motifs is 1. The molecule has 0 aliphatic carbocycles. The molecule has 1 N–H and O–H groups in total. The molecule has 5 aromatic carbocycles. The predicted octanol–water partition coefficient (Wildman–Crippen LogP) is 10.9. The van der Waals surface area contributed by atoms with Gasteiger partial charge in [0.1, 0.15) is 5.75 Å². The lowest BCUT2D eigenvalue weighted by molar-refractivity contribution is 0.309. The minimum atomic E-state index is 0.743. The number of anilines is 2. The number of aryl methyl sites for hydroxylation is 1. The molecular formula is C33H31N5O.